The molecule has 9 nitrogen and oxygen atoms in total. The zero-order chi connectivity index (χ0) is 23.0. The molecule has 1 aromatic carbocycles. The maximum Gasteiger partial charge on any atom is 0.338 e. The van der Waals surface area contributed by atoms with E-state index < -0.39 is 58.7 Å². The molecule has 176 valence electrons. The third-order valence-electron chi connectivity index (χ3n) is 8.92. The predicted molar refractivity (Wildman–Crippen MR) is 108 cm³/mol. The maximum absolute atomic E-state index is 12.6. The van der Waals surface area contributed by atoms with Gasteiger partial charge in [0.25, 0.3) is 0 Å². The molecule has 4 bridgehead atoms. The minimum atomic E-state index is -1.92. The van der Waals surface area contributed by atoms with Gasteiger partial charge in [0.15, 0.2) is 0 Å². The number of hydrogen-bond acceptors (Lipinski definition) is 9. The van der Waals surface area contributed by atoms with Crippen molar-refractivity contribution < 1.29 is 44.2 Å². The second-order valence-corrected chi connectivity index (χ2v) is 9.82. The normalized spacial score (nSPS) is 49.0. The van der Waals surface area contributed by atoms with Crippen molar-refractivity contribution in [3.05, 3.63) is 35.9 Å². The second kappa shape index (κ2) is 6.96. The lowest BCUT2D eigenvalue weighted by atomic mass is 9.44. The van der Waals surface area contributed by atoms with E-state index in [9.17, 15) is 25.2 Å². The van der Waals surface area contributed by atoms with E-state index in [4.69, 9.17) is 18.9 Å². The fourth-order valence-corrected chi connectivity index (χ4v) is 6.97. The summed E-state index contributed by atoms with van der Waals surface area (Å²) < 4.78 is 22.9. The molecule has 32 heavy (non-hydrogen) atoms. The molecular weight excluding hydrogens is 420 g/mol. The Hall–Kier alpha value is -1.59. The maximum atomic E-state index is 12.6. The van der Waals surface area contributed by atoms with Crippen LogP contribution in [0.15, 0.2) is 30.3 Å². The summed E-state index contributed by atoms with van der Waals surface area (Å²) in [5, 5.41) is 45.5. The van der Waals surface area contributed by atoms with E-state index in [2.05, 4.69) is 0 Å². The van der Waals surface area contributed by atoms with Crippen LogP contribution in [0.1, 0.15) is 36.5 Å². The zero-order valence-corrected chi connectivity index (χ0v) is 18.2. The van der Waals surface area contributed by atoms with E-state index in [0.29, 0.717) is 12.0 Å². The van der Waals surface area contributed by atoms with Gasteiger partial charge in [0.05, 0.1) is 42.5 Å². The molecule has 0 aromatic heterocycles. The van der Waals surface area contributed by atoms with Gasteiger partial charge in [-0.25, -0.2) is 4.79 Å². The number of methoxy groups -OCH3 is 1. The first-order chi connectivity index (χ1) is 15.1. The van der Waals surface area contributed by atoms with Gasteiger partial charge < -0.3 is 39.4 Å². The molecule has 3 aliphatic heterocycles. The van der Waals surface area contributed by atoms with Crippen LogP contribution in [0.3, 0.4) is 0 Å². The molecule has 3 heterocycles. The Balaban J connectivity index is 1.56. The van der Waals surface area contributed by atoms with Gasteiger partial charge in [-0.15, -0.1) is 0 Å². The first-order valence-electron chi connectivity index (χ1n) is 11.0. The molecular formula is C23H30O9. The van der Waals surface area contributed by atoms with Crippen molar-refractivity contribution in [1.82, 2.24) is 0 Å². The number of carbonyl (C=O) groups excluding carboxylic acids is 1. The van der Waals surface area contributed by atoms with Crippen molar-refractivity contribution in [2.75, 3.05) is 26.9 Å². The van der Waals surface area contributed by atoms with Gasteiger partial charge in [0.1, 0.15) is 11.7 Å². The topological polar surface area (TPSA) is 135 Å². The lowest BCUT2D eigenvalue weighted by molar-refractivity contribution is -0.466. The number of carbonyl (C=O) groups is 1. The van der Waals surface area contributed by atoms with Crippen LogP contribution < -0.4 is 0 Å². The van der Waals surface area contributed by atoms with Gasteiger partial charge in [0.2, 0.25) is 0 Å². The standard InChI is InChI=1S/C23H30O9/c1-19-13-31-23(29-2)18(26)20(10-16(32-23)21(19,27)12-24)15(8-9-22(19,20)28)11-30-17(25)14-6-4-3-5-7-14/h3-7,15-16,18,24,26-28H,8-13H2,1-2H3/t15-,16+,18+,19+,20-,21-,22-,23-/m0/s1. The summed E-state index contributed by atoms with van der Waals surface area (Å²) in [4.78, 5) is 12.6. The molecule has 5 aliphatic rings. The Morgan fingerprint density at radius 1 is 1.25 bits per heavy atom. The van der Waals surface area contributed by atoms with Crippen LogP contribution in [0.4, 0.5) is 0 Å². The fraction of sp³-hybridized carbons (Fsp3) is 0.696. The number of rotatable bonds is 5. The minimum absolute atomic E-state index is 0.0345. The molecule has 1 aromatic rings. The average molecular weight is 450 g/mol. The number of aliphatic hydroxyl groups excluding tert-OH is 2. The molecule has 5 fully saturated rings. The molecule has 2 saturated carbocycles. The highest BCUT2D eigenvalue weighted by Gasteiger charge is 2.86. The molecule has 1 spiro atoms. The van der Waals surface area contributed by atoms with Crippen molar-refractivity contribution in [1.29, 1.82) is 0 Å². The molecule has 0 unspecified atom stereocenters. The lowest BCUT2D eigenvalue weighted by Gasteiger charge is -2.67. The Bertz CT molecular complexity index is 910. The molecule has 9 heteroatoms. The largest absolute Gasteiger partial charge is 0.462 e. The molecule has 2 aliphatic carbocycles. The molecule has 0 amide bonds. The van der Waals surface area contributed by atoms with Crippen LogP contribution >= 0.6 is 0 Å². The summed E-state index contributed by atoms with van der Waals surface area (Å²) >= 11 is 0. The van der Waals surface area contributed by atoms with Gasteiger partial charge in [-0.1, -0.05) is 25.1 Å². The number of fused-ring (bicyclic) bond motifs is 1. The second-order valence-electron chi connectivity index (χ2n) is 9.82. The van der Waals surface area contributed by atoms with Crippen molar-refractivity contribution in [3.8, 4) is 0 Å². The van der Waals surface area contributed by atoms with Crippen molar-refractivity contribution >= 4 is 5.97 Å². The summed E-state index contributed by atoms with van der Waals surface area (Å²) in [5.74, 6) is -2.86. The van der Waals surface area contributed by atoms with Crippen LogP contribution in [0.5, 0.6) is 0 Å². The van der Waals surface area contributed by atoms with Crippen molar-refractivity contribution in [3.63, 3.8) is 0 Å². The molecule has 3 saturated heterocycles. The molecule has 4 N–H and O–H groups in total. The monoisotopic (exact) mass is 450 g/mol. The summed E-state index contributed by atoms with van der Waals surface area (Å²) in [6, 6.07) is 8.59. The van der Waals surface area contributed by atoms with Crippen LogP contribution in [0, 0.1) is 16.7 Å². The Morgan fingerprint density at radius 3 is 2.62 bits per heavy atom. The van der Waals surface area contributed by atoms with Gasteiger partial charge in [-0.05, 0) is 31.4 Å². The summed E-state index contributed by atoms with van der Waals surface area (Å²) in [6.45, 7) is 0.766. The van der Waals surface area contributed by atoms with E-state index in [1.807, 2.05) is 0 Å². The van der Waals surface area contributed by atoms with Crippen LogP contribution in [0.2, 0.25) is 0 Å². The van der Waals surface area contributed by atoms with Gasteiger partial charge in [-0.2, -0.15) is 0 Å². The van der Waals surface area contributed by atoms with Crippen molar-refractivity contribution in [2.45, 2.75) is 55.6 Å². The van der Waals surface area contributed by atoms with Crippen LogP contribution in [-0.4, -0.2) is 82.7 Å². The smallest absolute Gasteiger partial charge is 0.338 e. The quantitative estimate of drug-likeness (QED) is 0.464. The van der Waals surface area contributed by atoms with Gasteiger partial charge in [0, 0.05) is 18.4 Å². The van der Waals surface area contributed by atoms with Crippen LogP contribution in [0.25, 0.3) is 0 Å². The summed E-state index contributed by atoms with van der Waals surface area (Å²) in [7, 11) is 1.32. The third kappa shape index (κ3) is 2.34. The highest BCUT2D eigenvalue weighted by Crippen LogP contribution is 2.73. The average Bonchev–Trinajstić information content (AvgIpc) is 3.05. The van der Waals surface area contributed by atoms with Crippen LogP contribution in [-0.2, 0) is 18.9 Å². The highest BCUT2D eigenvalue weighted by atomic mass is 16.9. The Labute approximate surface area is 185 Å². The van der Waals surface area contributed by atoms with Gasteiger partial charge >= 0.3 is 11.9 Å². The summed E-state index contributed by atoms with van der Waals surface area (Å²) in [5.41, 5.74) is -5.64. The SMILES string of the molecule is CO[C@@]12OC[C@@]3(C)[C@@]4(O)CC[C@@H](COC(=O)c5ccccc5)[C@@]4(C[C@@H](O1)[C@@]3(O)CO)[C@H]2O. The van der Waals surface area contributed by atoms with Crippen molar-refractivity contribution in [2.24, 2.45) is 16.7 Å². The Kier molecular flexibility index (Phi) is 4.83. The molecule has 0 radical (unpaired) electrons. The molecule has 8 atom stereocenters. The summed E-state index contributed by atoms with van der Waals surface area (Å²) in [6.07, 6.45) is -1.64. The number of ether oxygens (including phenoxy) is 4. The third-order valence-corrected chi connectivity index (χ3v) is 8.92. The Morgan fingerprint density at radius 2 is 1.97 bits per heavy atom. The highest BCUT2D eigenvalue weighted by molar-refractivity contribution is 5.89. The number of aliphatic hydroxyl groups is 4. The van der Waals surface area contributed by atoms with E-state index in [1.54, 1.807) is 37.3 Å². The van der Waals surface area contributed by atoms with E-state index in [0.717, 1.165) is 0 Å². The zero-order valence-electron chi connectivity index (χ0n) is 18.2. The first-order valence-corrected chi connectivity index (χ1v) is 11.0. The lowest BCUT2D eigenvalue weighted by Crippen LogP contribution is -2.82. The number of esters is 1. The minimum Gasteiger partial charge on any atom is -0.462 e. The van der Waals surface area contributed by atoms with E-state index >= 15 is 0 Å². The number of benzene rings is 1. The molecule has 6 rings (SSSR count). The predicted octanol–water partition coefficient (Wildman–Crippen LogP) is 0.194. The van der Waals surface area contributed by atoms with E-state index in [1.165, 1.54) is 7.11 Å². The number of hydrogen-bond donors (Lipinski definition) is 4. The first kappa shape index (κ1) is 22.2. The van der Waals surface area contributed by atoms with Gasteiger partial charge in [-0.3, -0.25) is 0 Å². The van der Waals surface area contributed by atoms with E-state index in [-0.39, 0.29) is 26.1 Å². The fourth-order valence-electron chi connectivity index (χ4n) is 6.97.